The number of aromatic nitrogens is 1. The number of hydrogen-bond donors (Lipinski definition) is 1. The maximum absolute atomic E-state index is 13.8. The molecule has 1 saturated heterocycles. The molecule has 0 saturated carbocycles. The van der Waals surface area contributed by atoms with Crippen LogP contribution in [0.2, 0.25) is 5.02 Å². The zero-order valence-corrected chi connectivity index (χ0v) is 19.1. The number of carbonyl (C=O) groups is 1. The number of anilines is 2. The van der Waals surface area contributed by atoms with Crippen molar-refractivity contribution in [3.8, 4) is 0 Å². The van der Waals surface area contributed by atoms with Gasteiger partial charge in [-0.1, -0.05) is 29.3 Å². The summed E-state index contributed by atoms with van der Waals surface area (Å²) in [6, 6.07) is 16.0. The molecule has 3 aromatic rings. The SMILES string of the molecule is Cc1ccc(N2C(=O)N(c3ccc(Cl)cc3)C(O)(c3cncc(Br)c3)C2(C)C)cc1. The van der Waals surface area contributed by atoms with Crippen LogP contribution in [0.25, 0.3) is 0 Å². The lowest BCUT2D eigenvalue weighted by Crippen LogP contribution is -2.56. The molecule has 0 bridgehead atoms. The first kappa shape index (κ1) is 20.8. The number of pyridine rings is 1. The smallest absolute Gasteiger partial charge is 0.332 e. The van der Waals surface area contributed by atoms with Crippen molar-refractivity contribution in [2.24, 2.45) is 0 Å². The molecule has 1 fully saturated rings. The van der Waals surface area contributed by atoms with Crippen molar-refractivity contribution in [1.29, 1.82) is 0 Å². The third kappa shape index (κ3) is 3.11. The summed E-state index contributed by atoms with van der Waals surface area (Å²) in [6.07, 6.45) is 3.22. The van der Waals surface area contributed by atoms with Crippen molar-refractivity contribution in [3.63, 3.8) is 0 Å². The average molecular weight is 487 g/mol. The Bertz CT molecular complexity index is 1100. The fourth-order valence-electron chi connectivity index (χ4n) is 4.01. The fourth-order valence-corrected chi connectivity index (χ4v) is 4.50. The van der Waals surface area contributed by atoms with Crippen LogP contribution in [0.3, 0.4) is 0 Å². The molecule has 1 aliphatic rings. The predicted molar refractivity (Wildman–Crippen MR) is 123 cm³/mol. The highest BCUT2D eigenvalue weighted by Crippen LogP contribution is 2.50. The molecule has 0 spiro atoms. The van der Waals surface area contributed by atoms with E-state index in [9.17, 15) is 9.90 Å². The molecule has 4 rings (SSSR count). The first-order chi connectivity index (χ1) is 14.2. The van der Waals surface area contributed by atoms with Gasteiger partial charge in [-0.3, -0.25) is 14.8 Å². The van der Waals surface area contributed by atoms with E-state index in [1.807, 2.05) is 45.0 Å². The Labute approximate surface area is 189 Å². The van der Waals surface area contributed by atoms with Crippen LogP contribution in [0.4, 0.5) is 16.2 Å². The molecular formula is C23H21BrClN3O2. The van der Waals surface area contributed by atoms with Crippen molar-refractivity contribution >= 4 is 44.9 Å². The van der Waals surface area contributed by atoms with E-state index in [1.165, 1.54) is 4.90 Å². The molecule has 2 amide bonds. The standard InChI is InChI=1S/C23H21BrClN3O2/c1-15-4-8-19(9-5-15)27-21(29)28(20-10-6-18(25)7-11-20)23(30,22(27,2)3)16-12-17(24)14-26-13-16/h4-14,30H,1-3H3. The molecule has 7 heteroatoms. The highest BCUT2D eigenvalue weighted by Gasteiger charge is 2.64. The van der Waals surface area contributed by atoms with Crippen molar-refractivity contribution in [2.75, 3.05) is 9.80 Å². The van der Waals surface area contributed by atoms with Crippen LogP contribution in [0.5, 0.6) is 0 Å². The number of aliphatic hydroxyl groups is 1. The molecule has 0 radical (unpaired) electrons. The summed E-state index contributed by atoms with van der Waals surface area (Å²) in [5.41, 5.74) is 0.105. The number of nitrogens with zero attached hydrogens (tertiary/aromatic N) is 3. The predicted octanol–water partition coefficient (Wildman–Crippen LogP) is 5.88. The lowest BCUT2D eigenvalue weighted by molar-refractivity contribution is -0.00282. The highest BCUT2D eigenvalue weighted by molar-refractivity contribution is 9.10. The van der Waals surface area contributed by atoms with Gasteiger partial charge in [0.1, 0.15) is 0 Å². The maximum Gasteiger partial charge on any atom is 0.332 e. The molecule has 1 atom stereocenters. The quantitative estimate of drug-likeness (QED) is 0.503. The van der Waals surface area contributed by atoms with E-state index in [1.54, 1.807) is 47.6 Å². The van der Waals surface area contributed by atoms with Crippen LogP contribution in [-0.2, 0) is 5.72 Å². The molecule has 154 valence electrons. The summed E-state index contributed by atoms with van der Waals surface area (Å²) >= 11 is 9.50. The lowest BCUT2D eigenvalue weighted by Gasteiger charge is -2.42. The van der Waals surface area contributed by atoms with Crippen LogP contribution in [0, 0.1) is 6.92 Å². The normalized spacial score (nSPS) is 20.7. The minimum absolute atomic E-state index is 0.339. The summed E-state index contributed by atoms with van der Waals surface area (Å²) < 4.78 is 0.710. The van der Waals surface area contributed by atoms with Gasteiger partial charge in [-0.25, -0.2) is 4.79 Å². The summed E-state index contributed by atoms with van der Waals surface area (Å²) in [7, 11) is 0. The highest BCUT2D eigenvalue weighted by atomic mass is 79.9. The monoisotopic (exact) mass is 485 g/mol. The average Bonchev–Trinajstić information content (AvgIpc) is 2.86. The van der Waals surface area contributed by atoms with Crippen LogP contribution >= 0.6 is 27.5 Å². The third-order valence-corrected chi connectivity index (χ3v) is 6.29. The van der Waals surface area contributed by atoms with Crippen LogP contribution in [0.15, 0.2) is 71.5 Å². The van der Waals surface area contributed by atoms with Crippen molar-refractivity contribution < 1.29 is 9.90 Å². The summed E-state index contributed by atoms with van der Waals surface area (Å²) in [5.74, 6) is 0. The van der Waals surface area contributed by atoms with E-state index in [0.717, 1.165) is 5.56 Å². The van der Waals surface area contributed by atoms with E-state index in [4.69, 9.17) is 11.6 Å². The minimum atomic E-state index is -1.69. The Hall–Kier alpha value is -2.41. The second-order valence-electron chi connectivity index (χ2n) is 7.89. The molecule has 30 heavy (non-hydrogen) atoms. The summed E-state index contributed by atoms with van der Waals surface area (Å²) in [5, 5.41) is 12.8. The zero-order valence-electron chi connectivity index (χ0n) is 16.8. The van der Waals surface area contributed by atoms with Gasteiger partial charge in [0.05, 0.1) is 5.54 Å². The van der Waals surface area contributed by atoms with E-state index < -0.39 is 11.3 Å². The van der Waals surface area contributed by atoms with Gasteiger partial charge in [-0.15, -0.1) is 0 Å². The second kappa shape index (κ2) is 7.38. The van der Waals surface area contributed by atoms with Gasteiger partial charge < -0.3 is 5.11 Å². The zero-order chi connectivity index (χ0) is 21.7. The Kier molecular flexibility index (Phi) is 5.12. The molecular weight excluding hydrogens is 466 g/mol. The number of amides is 2. The Morgan fingerprint density at radius 2 is 1.53 bits per heavy atom. The third-order valence-electron chi connectivity index (χ3n) is 5.60. The van der Waals surface area contributed by atoms with Crippen LogP contribution < -0.4 is 9.80 Å². The second-order valence-corrected chi connectivity index (χ2v) is 9.24. The molecule has 1 aliphatic heterocycles. The Morgan fingerprint density at radius 1 is 0.967 bits per heavy atom. The number of urea groups is 1. The van der Waals surface area contributed by atoms with E-state index >= 15 is 0 Å². The number of hydrogen-bond acceptors (Lipinski definition) is 3. The van der Waals surface area contributed by atoms with Gasteiger partial charge in [0, 0.05) is 38.8 Å². The molecule has 1 aromatic heterocycles. The van der Waals surface area contributed by atoms with E-state index in [0.29, 0.717) is 26.4 Å². The number of rotatable bonds is 3. The molecule has 5 nitrogen and oxygen atoms in total. The molecule has 1 N–H and O–H groups in total. The van der Waals surface area contributed by atoms with Crippen LogP contribution in [-0.4, -0.2) is 21.7 Å². The Morgan fingerprint density at radius 3 is 2.13 bits per heavy atom. The Balaban J connectivity index is 1.97. The maximum atomic E-state index is 13.8. The fraction of sp³-hybridized carbons (Fsp3) is 0.217. The lowest BCUT2D eigenvalue weighted by atomic mass is 9.84. The summed E-state index contributed by atoms with van der Waals surface area (Å²) in [4.78, 5) is 21.1. The molecule has 0 aliphatic carbocycles. The number of aryl methyl sites for hydroxylation is 1. The molecule has 2 aromatic carbocycles. The number of benzene rings is 2. The van der Waals surface area contributed by atoms with Crippen molar-refractivity contribution in [3.05, 3.63) is 87.6 Å². The topological polar surface area (TPSA) is 56.7 Å². The van der Waals surface area contributed by atoms with Gasteiger partial charge >= 0.3 is 6.03 Å². The van der Waals surface area contributed by atoms with Crippen molar-refractivity contribution in [1.82, 2.24) is 4.98 Å². The number of carbonyl (C=O) groups excluding carboxylic acids is 1. The van der Waals surface area contributed by atoms with Crippen LogP contribution in [0.1, 0.15) is 25.0 Å². The van der Waals surface area contributed by atoms with Gasteiger partial charge in [0.25, 0.3) is 0 Å². The minimum Gasteiger partial charge on any atom is -0.364 e. The molecule has 1 unspecified atom stereocenters. The van der Waals surface area contributed by atoms with E-state index in [-0.39, 0.29) is 6.03 Å². The number of halogens is 2. The van der Waals surface area contributed by atoms with Gasteiger partial charge in [-0.2, -0.15) is 0 Å². The van der Waals surface area contributed by atoms with Crippen molar-refractivity contribution in [2.45, 2.75) is 32.0 Å². The summed E-state index contributed by atoms with van der Waals surface area (Å²) in [6.45, 7) is 5.69. The van der Waals surface area contributed by atoms with E-state index in [2.05, 4.69) is 20.9 Å². The van der Waals surface area contributed by atoms with Gasteiger partial charge in [0.15, 0.2) is 5.72 Å². The first-order valence-electron chi connectivity index (χ1n) is 9.46. The first-order valence-corrected chi connectivity index (χ1v) is 10.6. The van der Waals surface area contributed by atoms with Gasteiger partial charge in [0.2, 0.25) is 0 Å². The molecule has 2 heterocycles. The largest absolute Gasteiger partial charge is 0.364 e. The van der Waals surface area contributed by atoms with Gasteiger partial charge in [-0.05, 0) is 79.2 Å².